The van der Waals surface area contributed by atoms with E-state index in [1.54, 1.807) is 13.0 Å². The van der Waals surface area contributed by atoms with Gasteiger partial charge in [-0.1, -0.05) is 11.6 Å². The molecule has 0 aromatic carbocycles. The van der Waals surface area contributed by atoms with E-state index in [0.29, 0.717) is 10.8 Å². The summed E-state index contributed by atoms with van der Waals surface area (Å²) in [5, 5.41) is 0.458. The lowest BCUT2D eigenvalue weighted by Crippen LogP contribution is -2.24. The number of carbonyl (C=O) groups is 1. The van der Waals surface area contributed by atoms with E-state index >= 15 is 0 Å². The minimum absolute atomic E-state index is 0.440. The Balaban J connectivity index is 2.64. The Morgan fingerprint density at radius 2 is 2.29 bits per heavy atom. The molecule has 5 heteroatoms. The second-order valence-corrected chi connectivity index (χ2v) is 3.06. The van der Waals surface area contributed by atoms with Crippen LogP contribution in [0.3, 0.4) is 0 Å². The largest absolute Gasteiger partial charge is 0.477 e. The Bertz CT molecular complexity index is 330. The van der Waals surface area contributed by atoms with E-state index in [1.807, 2.05) is 0 Å². The molecule has 0 N–H and O–H groups in total. The van der Waals surface area contributed by atoms with Crippen LogP contribution >= 0.6 is 11.6 Å². The van der Waals surface area contributed by atoms with Gasteiger partial charge in [-0.15, -0.1) is 0 Å². The molecule has 0 amide bonds. The maximum absolute atomic E-state index is 11.0. The zero-order chi connectivity index (χ0) is 10.6. The number of pyridine rings is 1. The topological polar surface area (TPSA) is 48.4 Å². The first-order valence-electron chi connectivity index (χ1n) is 3.98. The number of esters is 1. The summed E-state index contributed by atoms with van der Waals surface area (Å²) in [5.41, 5.74) is 0. The second kappa shape index (κ2) is 4.81. The summed E-state index contributed by atoms with van der Waals surface area (Å²) in [4.78, 5) is 14.8. The van der Waals surface area contributed by atoms with Crippen molar-refractivity contribution in [3.05, 3.63) is 23.5 Å². The summed E-state index contributed by atoms with van der Waals surface area (Å²) in [6.45, 7) is 1.59. The SMILES string of the molecule is COC(=O)[C@@H](C)Oc1cncc(Cl)c1. The normalized spacial score (nSPS) is 11.9. The minimum Gasteiger partial charge on any atom is -0.477 e. The molecule has 0 fully saturated rings. The monoisotopic (exact) mass is 215 g/mol. The number of carbonyl (C=O) groups excluding carboxylic acids is 1. The Kier molecular flexibility index (Phi) is 3.71. The van der Waals surface area contributed by atoms with Gasteiger partial charge in [-0.2, -0.15) is 0 Å². The number of ether oxygens (including phenoxy) is 2. The first-order chi connectivity index (χ1) is 6.63. The fourth-order valence-corrected chi connectivity index (χ4v) is 1.04. The van der Waals surface area contributed by atoms with Crippen molar-refractivity contribution < 1.29 is 14.3 Å². The minimum atomic E-state index is -0.666. The molecular formula is C9H10ClNO3. The molecule has 0 aliphatic carbocycles. The number of hydrogen-bond donors (Lipinski definition) is 0. The summed E-state index contributed by atoms with van der Waals surface area (Å²) >= 11 is 5.68. The first kappa shape index (κ1) is 10.8. The molecule has 0 aliphatic rings. The van der Waals surface area contributed by atoms with Gasteiger partial charge in [-0.05, 0) is 6.92 Å². The number of nitrogens with zero attached hydrogens (tertiary/aromatic N) is 1. The maximum atomic E-state index is 11.0. The van der Waals surface area contributed by atoms with E-state index in [2.05, 4.69) is 9.72 Å². The van der Waals surface area contributed by atoms with Crippen molar-refractivity contribution in [3.8, 4) is 5.75 Å². The fraction of sp³-hybridized carbons (Fsp3) is 0.333. The summed E-state index contributed by atoms with van der Waals surface area (Å²) in [6, 6.07) is 1.58. The van der Waals surface area contributed by atoms with Crippen LogP contribution in [-0.4, -0.2) is 24.2 Å². The molecule has 1 atom stereocenters. The predicted octanol–water partition coefficient (Wildman–Crippen LogP) is 1.68. The molecule has 4 nitrogen and oxygen atoms in total. The van der Waals surface area contributed by atoms with Crippen molar-refractivity contribution in [1.29, 1.82) is 0 Å². The molecule has 0 bridgehead atoms. The summed E-state index contributed by atoms with van der Waals surface area (Å²) in [7, 11) is 1.30. The lowest BCUT2D eigenvalue weighted by Gasteiger charge is -2.11. The number of methoxy groups -OCH3 is 1. The highest BCUT2D eigenvalue weighted by Crippen LogP contribution is 2.16. The zero-order valence-corrected chi connectivity index (χ0v) is 8.62. The molecular weight excluding hydrogens is 206 g/mol. The van der Waals surface area contributed by atoms with E-state index in [0.717, 1.165) is 0 Å². The number of rotatable bonds is 3. The molecule has 0 aliphatic heterocycles. The summed E-state index contributed by atoms with van der Waals surface area (Å²) in [5.74, 6) is 0.000348. The van der Waals surface area contributed by atoms with Crippen LogP contribution in [0.5, 0.6) is 5.75 Å². The molecule has 0 unspecified atom stereocenters. The third-order valence-corrected chi connectivity index (χ3v) is 1.73. The Morgan fingerprint density at radius 3 is 2.86 bits per heavy atom. The van der Waals surface area contributed by atoms with Crippen LogP contribution in [-0.2, 0) is 9.53 Å². The molecule has 0 radical (unpaired) electrons. The molecule has 1 rings (SSSR count). The summed E-state index contributed by atoms with van der Waals surface area (Å²) < 4.78 is 9.72. The predicted molar refractivity (Wildman–Crippen MR) is 51.4 cm³/mol. The van der Waals surface area contributed by atoms with E-state index in [4.69, 9.17) is 16.3 Å². The van der Waals surface area contributed by atoms with Gasteiger partial charge in [0.1, 0.15) is 5.75 Å². The van der Waals surface area contributed by atoms with Crippen molar-refractivity contribution in [2.24, 2.45) is 0 Å². The van der Waals surface area contributed by atoms with Crippen molar-refractivity contribution in [3.63, 3.8) is 0 Å². The molecule has 1 heterocycles. The van der Waals surface area contributed by atoms with Crippen LogP contribution in [0.1, 0.15) is 6.92 Å². The fourth-order valence-electron chi connectivity index (χ4n) is 0.875. The zero-order valence-electron chi connectivity index (χ0n) is 7.86. The van der Waals surface area contributed by atoms with Crippen LogP contribution in [0, 0.1) is 0 Å². The Morgan fingerprint density at radius 1 is 1.57 bits per heavy atom. The molecule has 76 valence electrons. The van der Waals surface area contributed by atoms with Gasteiger partial charge in [0.25, 0.3) is 0 Å². The quantitative estimate of drug-likeness (QED) is 0.720. The molecule has 0 saturated carbocycles. The number of hydrogen-bond acceptors (Lipinski definition) is 4. The summed E-state index contributed by atoms with van der Waals surface area (Å²) in [6.07, 6.45) is 2.29. The molecule has 1 aromatic rings. The second-order valence-electron chi connectivity index (χ2n) is 2.62. The van der Waals surface area contributed by atoms with Crippen LogP contribution in [0.4, 0.5) is 0 Å². The Labute approximate surface area is 86.8 Å². The van der Waals surface area contributed by atoms with Gasteiger partial charge in [0.05, 0.1) is 18.3 Å². The Hall–Kier alpha value is -1.29. The van der Waals surface area contributed by atoms with Crippen molar-refractivity contribution in [1.82, 2.24) is 4.98 Å². The molecule has 1 aromatic heterocycles. The number of aromatic nitrogens is 1. The molecule has 0 spiro atoms. The van der Waals surface area contributed by atoms with E-state index in [9.17, 15) is 4.79 Å². The van der Waals surface area contributed by atoms with Gasteiger partial charge in [-0.25, -0.2) is 4.79 Å². The van der Waals surface area contributed by atoms with Gasteiger partial charge >= 0.3 is 5.97 Å². The molecule has 14 heavy (non-hydrogen) atoms. The lowest BCUT2D eigenvalue weighted by molar-refractivity contribution is -0.147. The van der Waals surface area contributed by atoms with Crippen LogP contribution in [0.15, 0.2) is 18.5 Å². The maximum Gasteiger partial charge on any atom is 0.346 e. The van der Waals surface area contributed by atoms with Crippen LogP contribution < -0.4 is 4.74 Å². The highest BCUT2D eigenvalue weighted by atomic mass is 35.5. The third kappa shape index (κ3) is 2.88. The average molecular weight is 216 g/mol. The van der Waals surface area contributed by atoms with E-state index in [-0.39, 0.29) is 0 Å². The van der Waals surface area contributed by atoms with Crippen molar-refractivity contribution in [2.75, 3.05) is 7.11 Å². The molecule has 0 saturated heterocycles. The highest BCUT2D eigenvalue weighted by Gasteiger charge is 2.14. The number of halogens is 1. The van der Waals surface area contributed by atoms with Gasteiger partial charge in [0.2, 0.25) is 0 Å². The highest BCUT2D eigenvalue weighted by molar-refractivity contribution is 6.30. The third-order valence-electron chi connectivity index (χ3n) is 1.53. The van der Waals surface area contributed by atoms with Crippen molar-refractivity contribution >= 4 is 17.6 Å². The van der Waals surface area contributed by atoms with Crippen LogP contribution in [0.25, 0.3) is 0 Å². The van der Waals surface area contributed by atoms with Crippen molar-refractivity contribution in [2.45, 2.75) is 13.0 Å². The van der Waals surface area contributed by atoms with E-state index < -0.39 is 12.1 Å². The lowest BCUT2D eigenvalue weighted by atomic mass is 10.4. The van der Waals surface area contributed by atoms with Gasteiger partial charge in [0.15, 0.2) is 6.10 Å². The van der Waals surface area contributed by atoms with Gasteiger partial charge in [-0.3, -0.25) is 4.98 Å². The van der Waals surface area contributed by atoms with E-state index in [1.165, 1.54) is 19.5 Å². The first-order valence-corrected chi connectivity index (χ1v) is 4.36. The standard InChI is InChI=1S/C9H10ClNO3/c1-6(9(12)13-2)14-8-3-7(10)4-11-5-8/h3-6H,1-2H3/t6-/m1/s1. The van der Waals surface area contributed by atoms with Crippen LogP contribution in [0.2, 0.25) is 5.02 Å². The smallest absolute Gasteiger partial charge is 0.346 e. The van der Waals surface area contributed by atoms with Gasteiger partial charge < -0.3 is 9.47 Å². The average Bonchev–Trinajstić information content (AvgIpc) is 2.16. The van der Waals surface area contributed by atoms with Gasteiger partial charge in [0, 0.05) is 12.3 Å².